The molecule has 7 heteroatoms. The molecule has 2 rings (SSSR count). The summed E-state index contributed by atoms with van der Waals surface area (Å²) in [5, 5.41) is 2.80. The van der Waals surface area contributed by atoms with E-state index in [2.05, 4.69) is 5.32 Å². The molecular weight excluding hydrogens is 345 g/mol. The van der Waals surface area contributed by atoms with E-state index in [4.69, 9.17) is 4.74 Å². The highest BCUT2D eigenvalue weighted by atomic mass is 32.2. The van der Waals surface area contributed by atoms with E-state index in [1.807, 2.05) is 6.92 Å². The molecule has 134 valence electrons. The molecule has 0 aromatic heterocycles. The van der Waals surface area contributed by atoms with Crippen LogP contribution in [-0.2, 0) is 14.6 Å². The second-order valence-corrected chi connectivity index (χ2v) is 7.60. The van der Waals surface area contributed by atoms with Gasteiger partial charge in [-0.15, -0.1) is 0 Å². The summed E-state index contributed by atoms with van der Waals surface area (Å²) in [6, 6.07) is 11.9. The van der Waals surface area contributed by atoms with Crippen LogP contribution in [-0.4, -0.2) is 27.2 Å². The van der Waals surface area contributed by atoms with Crippen molar-refractivity contribution in [3.63, 3.8) is 0 Å². The Balaban J connectivity index is 1.99. The van der Waals surface area contributed by atoms with Gasteiger partial charge in [0.1, 0.15) is 0 Å². The molecule has 0 unspecified atom stereocenters. The summed E-state index contributed by atoms with van der Waals surface area (Å²) in [6.45, 7) is 1.59. The van der Waals surface area contributed by atoms with Gasteiger partial charge in [0.15, 0.2) is 28.0 Å². The minimum atomic E-state index is -3.26. The minimum Gasteiger partial charge on any atom is -0.481 e. The summed E-state index contributed by atoms with van der Waals surface area (Å²) in [7, 11) is -3.26. The van der Waals surface area contributed by atoms with E-state index in [1.165, 1.54) is 30.3 Å². The van der Waals surface area contributed by atoms with E-state index in [1.54, 1.807) is 18.2 Å². The van der Waals surface area contributed by atoms with Gasteiger partial charge in [0, 0.05) is 6.26 Å². The Morgan fingerprint density at radius 2 is 1.80 bits per heavy atom. The second-order valence-electron chi connectivity index (χ2n) is 5.59. The third-order valence-corrected chi connectivity index (χ3v) is 4.78. The summed E-state index contributed by atoms with van der Waals surface area (Å²) in [5.74, 6) is -0.899. The van der Waals surface area contributed by atoms with Crippen molar-refractivity contribution in [2.24, 2.45) is 0 Å². The number of carbonyl (C=O) groups is 1. The number of halogens is 1. The first-order valence-corrected chi connectivity index (χ1v) is 9.67. The Morgan fingerprint density at radius 3 is 2.36 bits per heavy atom. The highest BCUT2D eigenvalue weighted by Crippen LogP contribution is 2.19. The Morgan fingerprint density at radius 1 is 1.16 bits per heavy atom. The quantitative estimate of drug-likeness (QED) is 0.819. The van der Waals surface area contributed by atoms with Crippen molar-refractivity contribution in [2.75, 3.05) is 12.9 Å². The van der Waals surface area contributed by atoms with Crippen LogP contribution >= 0.6 is 0 Å². The first kappa shape index (κ1) is 18.9. The molecule has 1 atom stereocenters. The average Bonchev–Trinajstić information content (AvgIpc) is 2.58. The summed E-state index contributed by atoms with van der Waals surface area (Å²) in [5.41, 5.74) is 0.786. The van der Waals surface area contributed by atoms with Crippen LogP contribution in [0.4, 0.5) is 4.39 Å². The van der Waals surface area contributed by atoms with E-state index in [0.29, 0.717) is 6.42 Å². The van der Waals surface area contributed by atoms with Crippen LogP contribution in [0.1, 0.15) is 24.9 Å². The maximum Gasteiger partial charge on any atom is 0.258 e. The van der Waals surface area contributed by atoms with Gasteiger partial charge in [0.05, 0.1) is 10.9 Å². The molecule has 2 aromatic rings. The van der Waals surface area contributed by atoms with Gasteiger partial charge in [-0.2, -0.15) is 0 Å². The number of sulfone groups is 1. The van der Waals surface area contributed by atoms with Crippen LogP contribution in [0.25, 0.3) is 0 Å². The molecule has 0 aliphatic heterocycles. The molecule has 0 bridgehead atoms. The van der Waals surface area contributed by atoms with Gasteiger partial charge in [0.2, 0.25) is 0 Å². The summed E-state index contributed by atoms with van der Waals surface area (Å²) < 4.78 is 41.6. The monoisotopic (exact) mass is 365 g/mol. The lowest BCUT2D eigenvalue weighted by Gasteiger charge is -2.18. The first-order chi connectivity index (χ1) is 11.8. The number of nitrogens with one attached hydrogen (secondary N) is 1. The highest BCUT2D eigenvalue weighted by molar-refractivity contribution is 7.90. The molecule has 0 fully saturated rings. The Bertz CT molecular complexity index is 834. The maximum atomic E-state index is 13.5. The molecule has 0 spiro atoms. The van der Waals surface area contributed by atoms with E-state index < -0.39 is 15.7 Å². The first-order valence-electron chi connectivity index (χ1n) is 7.78. The fraction of sp³-hybridized carbons (Fsp3) is 0.278. The van der Waals surface area contributed by atoms with Crippen LogP contribution in [0.3, 0.4) is 0 Å². The largest absolute Gasteiger partial charge is 0.481 e. The van der Waals surface area contributed by atoms with Crippen LogP contribution in [0.15, 0.2) is 53.4 Å². The summed E-state index contributed by atoms with van der Waals surface area (Å²) in [6.07, 6.45) is 1.75. The average molecular weight is 365 g/mol. The van der Waals surface area contributed by atoms with Crippen LogP contribution in [0.5, 0.6) is 5.75 Å². The van der Waals surface area contributed by atoms with Crippen molar-refractivity contribution in [1.82, 2.24) is 5.32 Å². The van der Waals surface area contributed by atoms with Gasteiger partial charge in [-0.3, -0.25) is 4.79 Å². The van der Waals surface area contributed by atoms with Crippen molar-refractivity contribution in [1.29, 1.82) is 0 Å². The number of para-hydroxylation sites is 1. The number of amides is 1. The van der Waals surface area contributed by atoms with Crippen LogP contribution < -0.4 is 10.1 Å². The van der Waals surface area contributed by atoms with E-state index >= 15 is 0 Å². The fourth-order valence-corrected chi connectivity index (χ4v) is 2.94. The molecule has 0 heterocycles. The Hall–Kier alpha value is -2.41. The molecule has 0 saturated carbocycles. The van der Waals surface area contributed by atoms with Gasteiger partial charge in [-0.05, 0) is 36.2 Å². The maximum absolute atomic E-state index is 13.5. The highest BCUT2D eigenvalue weighted by Gasteiger charge is 2.15. The molecule has 1 N–H and O–H groups in total. The lowest BCUT2D eigenvalue weighted by atomic mass is 10.0. The molecule has 2 aromatic carbocycles. The number of hydrogen-bond donors (Lipinski definition) is 1. The predicted octanol–water partition coefficient (Wildman–Crippen LogP) is 2.88. The SMILES string of the molecule is CC[C@H](NC(=O)COc1ccccc1F)c1ccc(S(C)(=O)=O)cc1. The van der Waals surface area contributed by atoms with Crippen LogP contribution in [0.2, 0.25) is 0 Å². The lowest BCUT2D eigenvalue weighted by molar-refractivity contribution is -0.123. The molecule has 0 aliphatic rings. The lowest BCUT2D eigenvalue weighted by Crippen LogP contribution is -2.32. The van der Waals surface area contributed by atoms with Crippen molar-refractivity contribution in [3.05, 3.63) is 59.9 Å². The molecule has 0 aliphatic carbocycles. The molecular formula is C18H20FNO4S. The Kier molecular flexibility index (Phi) is 6.14. The smallest absolute Gasteiger partial charge is 0.258 e. The van der Waals surface area contributed by atoms with Crippen molar-refractivity contribution < 1.29 is 22.3 Å². The molecule has 0 saturated heterocycles. The molecule has 25 heavy (non-hydrogen) atoms. The normalized spacial score (nSPS) is 12.4. The van der Waals surface area contributed by atoms with Gasteiger partial charge in [0.25, 0.3) is 5.91 Å². The number of benzene rings is 2. The number of carbonyl (C=O) groups excluding carboxylic acids is 1. The minimum absolute atomic E-state index is 0.0169. The van der Waals surface area contributed by atoms with E-state index in [-0.39, 0.29) is 29.2 Å². The van der Waals surface area contributed by atoms with Crippen molar-refractivity contribution in [3.8, 4) is 5.75 Å². The van der Waals surface area contributed by atoms with Gasteiger partial charge in [-0.1, -0.05) is 31.2 Å². The predicted molar refractivity (Wildman–Crippen MR) is 92.6 cm³/mol. The van der Waals surface area contributed by atoms with Gasteiger partial charge < -0.3 is 10.1 Å². The summed E-state index contributed by atoms with van der Waals surface area (Å²) >= 11 is 0. The standard InChI is InChI=1S/C18H20FNO4S/c1-3-16(13-8-10-14(11-9-13)25(2,22)23)20-18(21)12-24-17-7-5-4-6-15(17)19/h4-11,16H,3,12H2,1-2H3,(H,20,21)/t16-/m0/s1. The van der Waals surface area contributed by atoms with E-state index in [9.17, 15) is 17.6 Å². The van der Waals surface area contributed by atoms with Gasteiger partial charge in [-0.25, -0.2) is 12.8 Å². The fourth-order valence-electron chi connectivity index (χ4n) is 2.31. The number of rotatable bonds is 7. The zero-order chi connectivity index (χ0) is 18.4. The van der Waals surface area contributed by atoms with Crippen molar-refractivity contribution >= 4 is 15.7 Å². The second kappa shape index (κ2) is 8.11. The number of ether oxygens (including phenoxy) is 1. The Labute approximate surface area is 146 Å². The molecule has 0 radical (unpaired) electrons. The molecule has 1 amide bonds. The third-order valence-electron chi connectivity index (χ3n) is 3.65. The van der Waals surface area contributed by atoms with E-state index in [0.717, 1.165) is 11.8 Å². The van der Waals surface area contributed by atoms with Crippen LogP contribution in [0, 0.1) is 5.82 Å². The van der Waals surface area contributed by atoms with Crippen molar-refractivity contribution in [2.45, 2.75) is 24.3 Å². The van der Waals surface area contributed by atoms with Gasteiger partial charge >= 0.3 is 0 Å². The zero-order valence-electron chi connectivity index (χ0n) is 14.0. The summed E-state index contributed by atoms with van der Waals surface area (Å²) in [4.78, 5) is 12.3. The topological polar surface area (TPSA) is 72.5 Å². The zero-order valence-corrected chi connectivity index (χ0v) is 14.8. The third kappa shape index (κ3) is 5.29. The number of hydrogen-bond acceptors (Lipinski definition) is 4. The molecule has 5 nitrogen and oxygen atoms in total.